The van der Waals surface area contributed by atoms with Crippen LogP contribution >= 0.6 is 22.0 Å². The van der Waals surface area contributed by atoms with Gasteiger partial charge in [-0.05, 0) is 54.1 Å². The summed E-state index contributed by atoms with van der Waals surface area (Å²) in [6.07, 6.45) is -4.74. The number of carbonyl (C=O) groups excluding carboxylic acids is 1. The molecule has 242 valence electrons. The number of benzene rings is 2. The lowest BCUT2D eigenvalue weighted by atomic mass is 9.96. The lowest BCUT2D eigenvalue weighted by Crippen LogP contribution is -2.58. The molecule has 0 bridgehead atoms. The summed E-state index contributed by atoms with van der Waals surface area (Å²) in [6.45, 7) is 7.37. The SMILES string of the molecule is C=CC(=O)N1C(C)CN(c2nc(=O)n3c4c5c(c(C(F)(F)F)cc24)-c2cc(Cl)c(F)cc2S5(F)CC(OCCOC)C3)CC1C. The maximum Gasteiger partial charge on any atom is 0.417 e. The van der Waals surface area contributed by atoms with E-state index in [4.69, 9.17) is 21.1 Å². The molecule has 4 heterocycles. The van der Waals surface area contributed by atoms with Crippen molar-refractivity contribution in [2.45, 2.75) is 54.5 Å². The van der Waals surface area contributed by atoms with Crippen molar-refractivity contribution in [3.05, 3.63) is 57.7 Å². The van der Waals surface area contributed by atoms with Gasteiger partial charge in [0.15, 0.2) is 0 Å². The van der Waals surface area contributed by atoms with Crippen molar-refractivity contribution in [1.82, 2.24) is 14.5 Å². The van der Waals surface area contributed by atoms with Gasteiger partial charge >= 0.3 is 11.9 Å². The van der Waals surface area contributed by atoms with E-state index in [1.165, 1.54) is 13.2 Å². The van der Waals surface area contributed by atoms with Crippen LogP contribution in [0.15, 0.2) is 45.4 Å². The number of fused-ring (bicyclic) bond motifs is 3. The molecule has 1 aromatic heterocycles. The van der Waals surface area contributed by atoms with Crippen LogP contribution in [0.1, 0.15) is 19.4 Å². The highest BCUT2D eigenvalue weighted by Crippen LogP contribution is 2.76. The van der Waals surface area contributed by atoms with Crippen LogP contribution in [0.25, 0.3) is 22.0 Å². The predicted molar refractivity (Wildman–Crippen MR) is 161 cm³/mol. The number of anilines is 1. The van der Waals surface area contributed by atoms with Crippen molar-refractivity contribution < 1.29 is 35.7 Å². The third-order valence-corrected chi connectivity index (χ3v) is 11.8. The molecule has 6 rings (SSSR count). The summed E-state index contributed by atoms with van der Waals surface area (Å²) >= 11 is 6.05. The number of carbonyl (C=O) groups is 1. The largest absolute Gasteiger partial charge is 0.417 e. The normalized spacial score (nSPS) is 25.6. The third-order valence-electron chi connectivity index (χ3n) is 8.56. The lowest BCUT2D eigenvalue weighted by molar-refractivity contribution is -0.137. The van der Waals surface area contributed by atoms with Crippen LogP contribution in [-0.4, -0.2) is 77.7 Å². The molecule has 1 amide bonds. The minimum absolute atomic E-state index is 0.0302. The molecule has 1 saturated heterocycles. The van der Waals surface area contributed by atoms with Gasteiger partial charge in [0, 0.05) is 53.9 Å². The van der Waals surface area contributed by atoms with Gasteiger partial charge in [-0.2, -0.15) is 22.0 Å². The number of aromatic nitrogens is 2. The van der Waals surface area contributed by atoms with Crippen molar-refractivity contribution in [3.63, 3.8) is 0 Å². The number of methoxy groups -OCH3 is 1. The quantitative estimate of drug-likeness (QED) is 0.183. The first kappa shape index (κ1) is 31.8. The maximum absolute atomic E-state index is 17.9. The van der Waals surface area contributed by atoms with Crippen molar-refractivity contribution in [1.29, 1.82) is 0 Å². The van der Waals surface area contributed by atoms with E-state index >= 15 is 3.89 Å². The van der Waals surface area contributed by atoms with Gasteiger partial charge in [-0.3, -0.25) is 9.36 Å². The number of hydrogen-bond donors (Lipinski definition) is 0. The van der Waals surface area contributed by atoms with Crippen LogP contribution in [-0.2, 0) is 27.0 Å². The third kappa shape index (κ3) is 5.00. The lowest BCUT2D eigenvalue weighted by Gasteiger charge is -2.44. The number of piperazine rings is 1. The highest BCUT2D eigenvalue weighted by Gasteiger charge is 2.51. The van der Waals surface area contributed by atoms with E-state index in [2.05, 4.69) is 11.6 Å². The number of nitrogens with zero attached hydrogens (tertiary/aromatic N) is 4. The van der Waals surface area contributed by atoms with E-state index in [1.807, 2.05) is 0 Å². The second kappa shape index (κ2) is 11.2. The maximum atomic E-state index is 17.9. The Hall–Kier alpha value is -3.20. The summed E-state index contributed by atoms with van der Waals surface area (Å²) in [5.74, 6) is -1.74. The fourth-order valence-electron chi connectivity index (χ4n) is 6.83. The number of ether oxygens (including phenoxy) is 2. The average Bonchev–Trinajstić information content (AvgIpc) is 3.10. The Morgan fingerprint density at radius 2 is 1.87 bits per heavy atom. The number of alkyl halides is 3. The Morgan fingerprint density at radius 1 is 1.18 bits per heavy atom. The first-order valence-electron chi connectivity index (χ1n) is 14.2. The van der Waals surface area contributed by atoms with Gasteiger partial charge < -0.3 is 19.3 Å². The summed E-state index contributed by atoms with van der Waals surface area (Å²) < 4.78 is 89.7. The second-order valence-corrected chi connectivity index (χ2v) is 14.4. The van der Waals surface area contributed by atoms with Crippen LogP contribution in [0.3, 0.4) is 0 Å². The fourth-order valence-corrected chi connectivity index (χ4v) is 10.1. The number of rotatable bonds is 6. The summed E-state index contributed by atoms with van der Waals surface area (Å²) in [5, 5.41) is -0.528. The zero-order valence-corrected chi connectivity index (χ0v) is 26.2. The molecule has 4 atom stereocenters. The van der Waals surface area contributed by atoms with Crippen LogP contribution in [0.5, 0.6) is 0 Å². The van der Waals surface area contributed by atoms with E-state index in [9.17, 15) is 27.2 Å². The molecule has 45 heavy (non-hydrogen) atoms. The predicted octanol–water partition coefficient (Wildman–Crippen LogP) is 5.95. The molecule has 0 spiro atoms. The Balaban J connectivity index is 1.67. The van der Waals surface area contributed by atoms with Crippen LogP contribution in [0.2, 0.25) is 5.02 Å². The van der Waals surface area contributed by atoms with Crippen molar-refractivity contribution >= 4 is 44.6 Å². The molecule has 0 N–H and O–H groups in total. The number of hydrogen-bond acceptors (Lipinski definition) is 6. The number of amides is 1. The molecule has 0 radical (unpaired) electrons. The topological polar surface area (TPSA) is 76.9 Å². The zero-order chi connectivity index (χ0) is 32.6. The Morgan fingerprint density at radius 3 is 2.49 bits per heavy atom. The van der Waals surface area contributed by atoms with E-state index in [-0.39, 0.29) is 70.8 Å². The van der Waals surface area contributed by atoms with E-state index in [1.54, 1.807) is 23.6 Å². The monoisotopic (exact) mass is 672 g/mol. The molecular weight excluding hydrogens is 643 g/mol. The minimum atomic E-state index is -4.96. The van der Waals surface area contributed by atoms with Gasteiger partial charge in [0.1, 0.15) is 11.6 Å². The van der Waals surface area contributed by atoms with Gasteiger partial charge in [-0.15, -0.1) is 0 Å². The number of halogens is 6. The van der Waals surface area contributed by atoms with Gasteiger partial charge in [-0.25, -0.2) is 9.18 Å². The Labute approximate surface area is 262 Å². The molecule has 0 aliphatic carbocycles. The van der Waals surface area contributed by atoms with Crippen molar-refractivity contribution in [2.24, 2.45) is 0 Å². The molecule has 3 aliphatic rings. The summed E-state index contributed by atoms with van der Waals surface area (Å²) in [7, 11) is -2.45. The molecule has 15 heteroatoms. The Kier molecular flexibility index (Phi) is 7.94. The standard InChI is InChI=1S/C30H30ClF5N4O4S/c1-5-24(41)40-15(2)11-38(12-16(40)3)28-19-8-20(30(33,34)35)25-18-9-21(31)22(32)10-23(18)45(36)14-17(44-7-6-43-4)13-39(29(42)37-28)26(19)27(25)45/h5,8-10,15-17H,1,6-7,11-14H2,2-4H3. The molecule has 0 saturated carbocycles. The van der Waals surface area contributed by atoms with Crippen molar-refractivity contribution in [3.8, 4) is 11.1 Å². The second-order valence-electron chi connectivity index (χ2n) is 11.5. The van der Waals surface area contributed by atoms with Crippen LogP contribution < -0.4 is 10.6 Å². The molecule has 4 unspecified atom stereocenters. The average molecular weight is 673 g/mol. The first-order chi connectivity index (χ1) is 21.2. The summed E-state index contributed by atoms with van der Waals surface area (Å²) in [5.41, 5.74) is -2.61. The van der Waals surface area contributed by atoms with E-state index in [0.29, 0.717) is 0 Å². The van der Waals surface area contributed by atoms with Crippen molar-refractivity contribution in [2.75, 3.05) is 44.1 Å². The Bertz CT molecular complexity index is 1790. The van der Waals surface area contributed by atoms with Gasteiger partial charge in [0.2, 0.25) is 5.91 Å². The van der Waals surface area contributed by atoms with Crippen LogP contribution in [0.4, 0.5) is 27.3 Å². The molecule has 3 aromatic rings. The van der Waals surface area contributed by atoms with E-state index in [0.717, 1.165) is 22.8 Å². The zero-order valence-electron chi connectivity index (χ0n) is 24.6. The summed E-state index contributed by atoms with van der Waals surface area (Å²) in [6, 6.07) is 1.95. The first-order valence-corrected chi connectivity index (χ1v) is 16.3. The molecule has 8 nitrogen and oxygen atoms in total. The van der Waals surface area contributed by atoms with Crippen LogP contribution in [0, 0.1) is 5.82 Å². The molecule has 1 fully saturated rings. The highest BCUT2D eigenvalue weighted by atomic mass is 35.5. The smallest absolute Gasteiger partial charge is 0.382 e. The highest BCUT2D eigenvalue weighted by molar-refractivity contribution is 8.30. The van der Waals surface area contributed by atoms with Gasteiger partial charge in [0.05, 0.1) is 46.9 Å². The minimum Gasteiger partial charge on any atom is -0.382 e. The molecule has 2 aromatic carbocycles. The molecular formula is C30H30ClF5N4O4S. The summed E-state index contributed by atoms with van der Waals surface area (Å²) in [4.78, 5) is 33.3. The fraction of sp³-hybridized carbons (Fsp3) is 0.433. The molecule has 3 aliphatic heterocycles. The van der Waals surface area contributed by atoms with Gasteiger partial charge in [-0.1, -0.05) is 18.2 Å². The van der Waals surface area contributed by atoms with E-state index < -0.39 is 68.2 Å². The van der Waals surface area contributed by atoms with Gasteiger partial charge in [0.25, 0.3) is 0 Å².